The van der Waals surface area contributed by atoms with Crippen LogP contribution in [0.25, 0.3) is 0 Å². The van der Waals surface area contributed by atoms with Gasteiger partial charge in [-0.15, -0.1) is 0 Å². The van der Waals surface area contributed by atoms with Crippen LogP contribution >= 0.6 is 15.9 Å². The second-order valence-corrected chi connectivity index (χ2v) is 5.24. The molecule has 0 saturated carbocycles. The van der Waals surface area contributed by atoms with Crippen LogP contribution in [0.5, 0.6) is 0 Å². The molecule has 1 aliphatic heterocycles. The third-order valence-electron chi connectivity index (χ3n) is 3.24. The van der Waals surface area contributed by atoms with Crippen LogP contribution in [0.4, 0.5) is 11.8 Å². The first-order chi connectivity index (χ1) is 8.11. The summed E-state index contributed by atoms with van der Waals surface area (Å²) in [5.41, 5.74) is 5.63. The molecule has 94 valence electrons. The van der Waals surface area contributed by atoms with E-state index in [0.29, 0.717) is 11.9 Å². The van der Waals surface area contributed by atoms with E-state index in [1.54, 1.807) is 13.3 Å². The Balaban J connectivity index is 2.20. The van der Waals surface area contributed by atoms with Crippen LogP contribution in [0.3, 0.4) is 0 Å². The van der Waals surface area contributed by atoms with Gasteiger partial charge >= 0.3 is 0 Å². The highest BCUT2D eigenvalue weighted by Crippen LogP contribution is 2.28. The average Bonchev–Trinajstić information content (AvgIpc) is 2.33. The van der Waals surface area contributed by atoms with Gasteiger partial charge in [-0.25, -0.2) is 4.98 Å². The zero-order valence-electron chi connectivity index (χ0n) is 10.1. The van der Waals surface area contributed by atoms with E-state index in [-0.39, 0.29) is 6.10 Å². The highest BCUT2D eigenvalue weighted by molar-refractivity contribution is 9.10. The minimum absolute atomic E-state index is 0.242. The molecule has 0 bridgehead atoms. The van der Waals surface area contributed by atoms with Gasteiger partial charge in [0.05, 0.1) is 10.6 Å². The number of methoxy groups -OCH3 is 1. The summed E-state index contributed by atoms with van der Waals surface area (Å²) in [7, 11) is 1.76. The van der Waals surface area contributed by atoms with Crippen molar-refractivity contribution in [3.63, 3.8) is 0 Å². The molecule has 6 heteroatoms. The van der Waals surface area contributed by atoms with Crippen molar-refractivity contribution in [3.05, 3.63) is 10.7 Å². The highest BCUT2D eigenvalue weighted by Gasteiger charge is 2.27. The molecule has 1 aliphatic rings. The Hall–Kier alpha value is -0.880. The van der Waals surface area contributed by atoms with Gasteiger partial charge in [0, 0.05) is 26.4 Å². The standard InChI is InChI=1S/C11H17BrN4O/c1-7-3-4-16(6-9(7)17-2)10-8(12)5-14-11(13)15-10/h5,7,9H,3-4,6H2,1-2H3,(H2,13,14,15). The van der Waals surface area contributed by atoms with Crippen LogP contribution in [0.15, 0.2) is 10.7 Å². The number of nitrogens with two attached hydrogens (primary N) is 1. The second-order valence-electron chi connectivity index (χ2n) is 4.39. The molecule has 2 unspecified atom stereocenters. The summed E-state index contributed by atoms with van der Waals surface area (Å²) < 4.78 is 6.37. The summed E-state index contributed by atoms with van der Waals surface area (Å²) in [6.45, 7) is 4.03. The van der Waals surface area contributed by atoms with Crippen LogP contribution < -0.4 is 10.6 Å². The number of anilines is 2. The fourth-order valence-electron chi connectivity index (χ4n) is 2.13. The normalized spacial score (nSPS) is 25.0. The summed E-state index contributed by atoms with van der Waals surface area (Å²) in [6.07, 6.45) is 3.03. The third-order valence-corrected chi connectivity index (χ3v) is 3.80. The zero-order chi connectivity index (χ0) is 12.4. The van der Waals surface area contributed by atoms with Crippen molar-refractivity contribution in [2.24, 2.45) is 5.92 Å². The van der Waals surface area contributed by atoms with E-state index in [1.807, 2.05) is 0 Å². The Labute approximate surface area is 110 Å². The number of nitrogen functional groups attached to an aromatic ring is 1. The van der Waals surface area contributed by atoms with Crippen molar-refractivity contribution in [2.45, 2.75) is 19.4 Å². The van der Waals surface area contributed by atoms with Gasteiger partial charge in [0.2, 0.25) is 5.95 Å². The van der Waals surface area contributed by atoms with E-state index in [1.165, 1.54) is 0 Å². The molecule has 2 rings (SSSR count). The smallest absolute Gasteiger partial charge is 0.222 e. The topological polar surface area (TPSA) is 64.3 Å². The molecule has 0 amide bonds. The number of hydrogen-bond donors (Lipinski definition) is 1. The van der Waals surface area contributed by atoms with Crippen molar-refractivity contribution in [3.8, 4) is 0 Å². The number of halogens is 1. The van der Waals surface area contributed by atoms with Crippen molar-refractivity contribution in [2.75, 3.05) is 30.8 Å². The van der Waals surface area contributed by atoms with Crippen LogP contribution in [0, 0.1) is 5.92 Å². The van der Waals surface area contributed by atoms with Crippen molar-refractivity contribution < 1.29 is 4.74 Å². The minimum atomic E-state index is 0.242. The van der Waals surface area contributed by atoms with E-state index in [4.69, 9.17) is 10.5 Å². The summed E-state index contributed by atoms with van der Waals surface area (Å²) in [5.74, 6) is 1.73. The molecule has 2 N–H and O–H groups in total. The zero-order valence-corrected chi connectivity index (χ0v) is 11.6. The summed E-state index contributed by atoms with van der Waals surface area (Å²) in [6, 6.07) is 0. The molecule has 0 radical (unpaired) electrons. The Morgan fingerprint density at radius 1 is 1.59 bits per heavy atom. The van der Waals surface area contributed by atoms with Gasteiger partial charge in [-0.05, 0) is 28.3 Å². The molecular formula is C11H17BrN4O. The maximum Gasteiger partial charge on any atom is 0.222 e. The van der Waals surface area contributed by atoms with Crippen molar-refractivity contribution in [1.82, 2.24) is 9.97 Å². The SMILES string of the molecule is COC1CN(c2nc(N)ncc2Br)CCC1C. The first-order valence-corrected chi connectivity index (χ1v) is 6.47. The molecule has 5 nitrogen and oxygen atoms in total. The largest absolute Gasteiger partial charge is 0.379 e. The van der Waals surface area contributed by atoms with Gasteiger partial charge < -0.3 is 15.4 Å². The molecule has 0 aliphatic carbocycles. The fraction of sp³-hybridized carbons (Fsp3) is 0.636. The van der Waals surface area contributed by atoms with Gasteiger partial charge in [-0.1, -0.05) is 6.92 Å². The molecule has 2 atom stereocenters. The Kier molecular flexibility index (Phi) is 3.83. The Morgan fingerprint density at radius 2 is 2.35 bits per heavy atom. The lowest BCUT2D eigenvalue weighted by molar-refractivity contribution is 0.0496. The number of ether oxygens (including phenoxy) is 1. The molecule has 0 spiro atoms. The van der Waals surface area contributed by atoms with E-state index in [9.17, 15) is 0 Å². The van der Waals surface area contributed by atoms with Gasteiger partial charge in [-0.2, -0.15) is 4.98 Å². The minimum Gasteiger partial charge on any atom is -0.379 e. The summed E-state index contributed by atoms with van der Waals surface area (Å²) in [4.78, 5) is 10.4. The number of aromatic nitrogens is 2. The molecule has 1 aromatic heterocycles. The van der Waals surface area contributed by atoms with Crippen LogP contribution in [-0.4, -0.2) is 36.3 Å². The molecule has 1 fully saturated rings. The number of rotatable bonds is 2. The lowest BCUT2D eigenvalue weighted by Crippen LogP contribution is -2.44. The summed E-state index contributed by atoms with van der Waals surface area (Å²) >= 11 is 3.46. The lowest BCUT2D eigenvalue weighted by atomic mass is 9.96. The van der Waals surface area contributed by atoms with Gasteiger partial charge in [0.15, 0.2) is 0 Å². The average molecular weight is 301 g/mol. The van der Waals surface area contributed by atoms with E-state index in [2.05, 4.69) is 37.7 Å². The molecule has 2 heterocycles. The first-order valence-electron chi connectivity index (χ1n) is 5.67. The van der Waals surface area contributed by atoms with Crippen LogP contribution in [0.2, 0.25) is 0 Å². The molecular weight excluding hydrogens is 284 g/mol. The fourth-order valence-corrected chi connectivity index (χ4v) is 2.57. The van der Waals surface area contributed by atoms with Gasteiger partial charge in [0.1, 0.15) is 5.82 Å². The molecule has 1 saturated heterocycles. The Morgan fingerprint density at radius 3 is 3.06 bits per heavy atom. The third kappa shape index (κ3) is 2.69. The highest BCUT2D eigenvalue weighted by atomic mass is 79.9. The lowest BCUT2D eigenvalue weighted by Gasteiger charge is -2.37. The van der Waals surface area contributed by atoms with E-state index >= 15 is 0 Å². The molecule has 0 aromatic carbocycles. The quantitative estimate of drug-likeness (QED) is 0.900. The van der Waals surface area contributed by atoms with Crippen LogP contribution in [0.1, 0.15) is 13.3 Å². The number of nitrogens with zero attached hydrogens (tertiary/aromatic N) is 3. The summed E-state index contributed by atoms with van der Waals surface area (Å²) in [5, 5.41) is 0. The second kappa shape index (κ2) is 5.18. The van der Waals surface area contributed by atoms with Crippen molar-refractivity contribution >= 4 is 27.7 Å². The van der Waals surface area contributed by atoms with E-state index in [0.717, 1.165) is 29.8 Å². The number of hydrogen-bond acceptors (Lipinski definition) is 5. The predicted molar refractivity (Wildman–Crippen MR) is 70.9 cm³/mol. The van der Waals surface area contributed by atoms with Crippen LogP contribution in [-0.2, 0) is 4.74 Å². The van der Waals surface area contributed by atoms with Crippen molar-refractivity contribution in [1.29, 1.82) is 0 Å². The predicted octanol–water partition coefficient (Wildman–Crippen LogP) is 1.68. The monoisotopic (exact) mass is 300 g/mol. The molecule has 1 aromatic rings. The number of piperidine rings is 1. The molecule has 17 heavy (non-hydrogen) atoms. The van der Waals surface area contributed by atoms with Gasteiger partial charge in [0.25, 0.3) is 0 Å². The maximum atomic E-state index is 5.63. The first kappa shape index (κ1) is 12.6. The maximum absolute atomic E-state index is 5.63. The van der Waals surface area contributed by atoms with Gasteiger partial charge in [-0.3, -0.25) is 0 Å². The Bertz CT molecular complexity index is 401. The van der Waals surface area contributed by atoms with E-state index < -0.39 is 0 Å².